The number of methoxy groups -OCH3 is 1. The molecule has 1 amide bonds. The Morgan fingerprint density at radius 1 is 0.900 bits per heavy atom. The highest BCUT2D eigenvalue weighted by molar-refractivity contribution is 5.78. The molecule has 30 heavy (non-hydrogen) atoms. The zero-order valence-electron chi connectivity index (χ0n) is 17.8. The Hall–Kier alpha value is -3.27. The molecule has 3 aromatic rings. The van der Waals surface area contributed by atoms with E-state index >= 15 is 0 Å². The second-order valence-electron chi connectivity index (χ2n) is 7.22. The SMILES string of the molecule is CCN(CCCNC(=O)Cc1ccc(-c2ccccc2)cc1)c1ccc(OC)cc1. The molecule has 0 bridgehead atoms. The molecule has 0 aromatic heterocycles. The van der Waals surface area contributed by atoms with E-state index in [2.05, 4.69) is 53.5 Å². The van der Waals surface area contributed by atoms with E-state index in [1.165, 1.54) is 11.3 Å². The number of anilines is 1. The Morgan fingerprint density at radius 3 is 2.20 bits per heavy atom. The summed E-state index contributed by atoms with van der Waals surface area (Å²) in [6.45, 7) is 4.64. The van der Waals surface area contributed by atoms with Crippen LogP contribution in [0.4, 0.5) is 5.69 Å². The molecule has 4 nitrogen and oxygen atoms in total. The van der Waals surface area contributed by atoms with E-state index in [0.717, 1.165) is 36.4 Å². The van der Waals surface area contributed by atoms with Crippen molar-refractivity contribution in [3.8, 4) is 16.9 Å². The predicted molar refractivity (Wildman–Crippen MR) is 124 cm³/mol. The van der Waals surface area contributed by atoms with Crippen LogP contribution in [0, 0.1) is 0 Å². The molecular formula is C26H30N2O2. The minimum atomic E-state index is 0.0648. The fourth-order valence-electron chi connectivity index (χ4n) is 3.45. The van der Waals surface area contributed by atoms with Crippen molar-refractivity contribution in [2.24, 2.45) is 0 Å². The molecule has 1 N–H and O–H groups in total. The molecule has 0 atom stereocenters. The van der Waals surface area contributed by atoms with Crippen LogP contribution >= 0.6 is 0 Å². The lowest BCUT2D eigenvalue weighted by molar-refractivity contribution is -0.120. The molecule has 0 spiro atoms. The first-order chi connectivity index (χ1) is 14.7. The van der Waals surface area contributed by atoms with Gasteiger partial charge in [0.15, 0.2) is 0 Å². The molecule has 156 valence electrons. The maximum absolute atomic E-state index is 12.3. The van der Waals surface area contributed by atoms with Gasteiger partial charge < -0.3 is 15.0 Å². The molecule has 0 heterocycles. The van der Waals surface area contributed by atoms with Gasteiger partial charge in [0.05, 0.1) is 13.5 Å². The number of rotatable bonds is 10. The number of nitrogens with zero attached hydrogens (tertiary/aromatic N) is 1. The molecule has 0 fully saturated rings. The summed E-state index contributed by atoms with van der Waals surface area (Å²) in [6, 6.07) is 26.6. The molecule has 0 unspecified atom stereocenters. The van der Waals surface area contributed by atoms with Crippen LogP contribution in [0.25, 0.3) is 11.1 Å². The average molecular weight is 403 g/mol. The van der Waals surface area contributed by atoms with Crippen LogP contribution in [-0.4, -0.2) is 32.7 Å². The minimum Gasteiger partial charge on any atom is -0.497 e. The van der Waals surface area contributed by atoms with Crippen molar-refractivity contribution in [2.75, 3.05) is 31.6 Å². The van der Waals surface area contributed by atoms with Gasteiger partial charge in [0, 0.05) is 25.3 Å². The van der Waals surface area contributed by atoms with E-state index in [-0.39, 0.29) is 5.91 Å². The van der Waals surface area contributed by atoms with Gasteiger partial charge in [0.1, 0.15) is 5.75 Å². The first-order valence-electron chi connectivity index (χ1n) is 10.5. The number of ether oxygens (including phenoxy) is 1. The molecule has 0 saturated carbocycles. The number of benzene rings is 3. The maximum Gasteiger partial charge on any atom is 0.224 e. The van der Waals surface area contributed by atoms with Crippen LogP contribution in [-0.2, 0) is 11.2 Å². The van der Waals surface area contributed by atoms with Crippen molar-refractivity contribution in [1.29, 1.82) is 0 Å². The van der Waals surface area contributed by atoms with Crippen LogP contribution < -0.4 is 15.0 Å². The smallest absolute Gasteiger partial charge is 0.224 e. The molecule has 3 rings (SSSR count). The van der Waals surface area contributed by atoms with E-state index in [1.807, 2.05) is 42.5 Å². The molecule has 0 aliphatic heterocycles. The molecule has 0 radical (unpaired) electrons. The van der Waals surface area contributed by atoms with Crippen LogP contribution in [0.15, 0.2) is 78.9 Å². The molecule has 0 aliphatic rings. The van der Waals surface area contributed by atoms with E-state index in [4.69, 9.17) is 4.74 Å². The van der Waals surface area contributed by atoms with Crippen LogP contribution in [0.2, 0.25) is 0 Å². The van der Waals surface area contributed by atoms with Crippen LogP contribution in [0.3, 0.4) is 0 Å². The average Bonchev–Trinajstić information content (AvgIpc) is 2.80. The van der Waals surface area contributed by atoms with E-state index in [9.17, 15) is 4.79 Å². The van der Waals surface area contributed by atoms with Gasteiger partial charge in [-0.2, -0.15) is 0 Å². The largest absolute Gasteiger partial charge is 0.497 e. The summed E-state index contributed by atoms with van der Waals surface area (Å²) in [5.74, 6) is 0.925. The third-order valence-electron chi connectivity index (χ3n) is 5.17. The maximum atomic E-state index is 12.3. The number of nitrogens with one attached hydrogen (secondary N) is 1. The van der Waals surface area contributed by atoms with Crippen molar-refractivity contribution in [3.63, 3.8) is 0 Å². The fraction of sp³-hybridized carbons (Fsp3) is 0.269. The Bertz CT molecular complexity index is 906. The van der Waals surface area contributed by atoms with Gasteiger partial charge in [-0.15, -0.1) is 0 Å². The first-order valence-corrected chi connectivity index (χ1v) is 10.5. The lowest BCUT2D eigenvalue weighted by atomic mass is 10.0. The Balaban J connectivity index is 1.42. The van der Waals surface area contributed by atoms with Gasteiger partial charge in [-0.05, 0) is 54.3 Å². The Kier molecular flexibility index (Phi) is 7.90. The van der Waals surface area contributed by atoms with Gasteiger partial charge in [0.25, 0.3) is 0 Å². The van der Waals surface area contributed by atoms with Gasteiger partial charge in [-0.25, -0.2) is 0 Å². The van der Waals surface area contributed by atoms with E-state index in [1.54, 1.807) is 7.11 Å². The van der Waals surface area contributed by atoms with Crippen LogP contribution in [0.1, 0.15) is 18.9 Å². The summed E-state index contributed by atoms with van der Waals surface area (Å²) in [5, 5.41) is 3.04. The predicted octanol–water partition coefficient (Wildman–Crippen LogP) is 4.94. The van der Waals surface area contributed by atoms with Crippen molar-refractivity contribution in [3.05, 3.63) is 84.4 Å². The van der Waals surface area contributed by atoms with Gasteiger partial charge in [0.2, 0.25) is 5.91 Å². The quantitative estimate of drug-likeness (QED) is 0.489. The Morgan fingerprint density at radius 2 is 1.57 bits per heavy atom. The lowest BCUT2D eigenvalue weighted by Crippen LogP contribution is -2.30. The van der Waals surface area contributed by atoms with E-state index < -0.39 is 0 Å². The van der Waals surface area contributed by atoms with Crippen LogP contribution in [0.5, 0.6) is 5.75 Å². The topological polar surface area (TPSA) is 41.6 Å². The number of hydrogen-bond donors (Lipinski definition) is 1. The number of hydrogen-bond acceptors (Lipinski definition) is 3. The monoisotopic (exact) mass is 402 g/mol. The highest BCUT2D eigenvalue weighted by atomic mass is 16.5. The van der Waals surface area contributed by atoms with Crippen molar-refractivity contribution in [1.82, 2.24) is 5.32 Å². The number of amides is 1. The number of carbonyl (C=O) groups is 1. The highest BCUT2D eigenvalue weighted by Crippen LogP contribution is 2.20. The molecular weight excluding hydrogens is 372 g/mol. The molecule has 3 aromatic carbocycles. The Labute approximate surface area is 179 Å². The normalized spacial score (nSPS) is 10.5. The fourth-order valence-corrected chi connectivity index (χ4v) is 3.45. The molecule has 4 heteroatoms. The standard InChI is InChI=1S/C26H30N2O2/c1-3-28(24-14-16-25(30-2)17-15-24)19-7-18-27-26(29)20-21-10-12-23(13-11-21)22-8-5-4-6-9-22/h4-6,8-17H,3,7,18-20H2,1-2H3,(H,27,29). The lowest BCUT2D eigenvalue weighted by Gasteiger charge is -2.23. The van der Waals surface area contributed by atoms with Crippen molar-refractivity contribution < 1.29 is 9.53 Å². The number of carbonyl (C=O) groups excluding carboxylic acids is 1. The second-order valence-corrected chi connectivity index (χ2v) is 7.22. The third kappa shape index (κ3) is 6.11. The summed E-state index contributed by atoms with van der Waals surface area (Å²) in [4.78, 5) is 14.6. The zero-order valence-corrected chi connectivity index (χ0v) is 17.8. The third-order valence-corrected chi connectivity index (χ3v) is 5.17. The summed E-state index contributed by atoms with van der Waals surface area (Å²) in [6.07, 6.45) is 1.31. The van der Waals surface area contributed by atoms with E-state index in [0.29, 0.717) is 13.0 Å². The zero-order chi connectivity index (χ0) is 21.2. The summed E-state index contributed by atoms with van der Waals surface area (Å²) < 4.78 is 5.22. The van der Waals surface area contributed by atoms with Gasteiger partial charge in [-0.1, -0.05) is 54.6 Å². The minimum absolute atomic E-state index is 0.0648. The summed E-state index contributed by atoms with van der Waals surface area (Å²) in [7, 11) is 1.67. The first kappa shape index (κ1) is 21.4. The summed E-state index contributed by atoms with van der Waals surface area (Å²) in [5.41, 5.74) is 4.55. The summed E-state index contributed by atoms with van der Waals surface area (Å²) >= 11 is 0. The second kappa shape index (κ2) is 11.1. The van der Waals surface area contributed by atoms with Crippen molar-refractivity contribution in [2.45, 2.75) is 19.8 Å². The van der Waals surface area contributed by atoms with Gasteiger partial charge in [-0.3, -0.25) is 4.79 Å². The molecule has 0 aliphatic carbocycles. The van der Waals surface area contributed by atoms with Crippen molar-refractivity contribution >= 4 is 11.6 Å². The molecule has 0 saturated heterocycles. The highest BCUT2D eigenvalue weighted by Gasteiger charge is 2.07. The van der Waals surface area contributed by atoms with Gasteiger partial charge >= 0.3 is 0 Å².